The Bertz CT molecular complexity index is 320. The zero-order valence-corrected chi connectivity index (χ0v) is 9.71. The standard InChI is InChI=1S/C12H17NOS/c14-15(12-6-2-1-3-7-12)11-10-13-8-4-5-9-13/h1-3,6-7H,4-5,8-11H2. The van der Waals surface area contributed by atoms with Gasteiger partial charge in [-0.05, 0) is 38.1 Å². The third kappa shape index (κ3) is 3.14. The molecule has 1 unspecified atom stereocenters. The van der Waals surface area contributed by atoms with E-state index in [1.165, 1.54) is 25.9 Å². The molecule has 0 spiro atoms. The molecule has 0 bridgehead atoms. The number of likely N-dealkylation sites (tertiary alicyclic amines) is 1. The number of hydrogen-bond acceptors (Lipinski definition) is 2. The Labute approximate surface area is 93.7 Å². The Kier molecular flexibility index (Phi) is 3.92. The smallest absolute Gasteiger partial charge is 0.0542 e. The third-order valence-corrected chi connectivity index (χ3v) is 4.15. The first-order valence-electron chi connectivity index (χ1n) is 5.52. The molecule has 1 aliphatic heterocycles. The summed E-state index contributed by atoms with van der Waals surface area (Å²) in [5.41, 5.74) is 0. The fourth-order valence-corrected chi connectivity index (χ4v) is 3.03. The van der Waals surface area contributed by atoms with Gasteiger partial charge in [0.25, 0.3) is 0 Å². The summed E-state index contributed by atoms with van der Waals surface area (Å²) in [5.74, 6) is 0.768. The molecular formula is C12H17NOS. The Balaban J connectivity index is 1.82. The minimum absolute atomic E-state index is 0.768. The maximum atomic E-state index is 11.9. The Morgan fingerprint density at radius 3 is 2.47 bits per heavy atom. The van der Waals surface area contributed by atoms with Crippen LogP contribution >= 0.6 is 0 Å². The van der Waals surface area contributed by atoms with Gasteiger partial charge in [-0.3, -0.25) is 4.21 Å². The second kappa shape index (κ2) is 5.42. The van der Waals surface area contributed by atoms with Crippen molar-refractivity contribution in [2.24, 2.45) is 0 Å². The van der Waals surface area contributed by atoms with Gasteiger partial charge < -0.3 is 4.90 Å². The van der Waals surface area contributed by atoms with Gasteiger partial charge in [-0.2, -0.15) is 0 Å². The fourth-order valence-electron chi connectivity index (χ4n) is 1.91. The molecule has 2 rings (SSSR count). The van der Waals surface area contributed by atoms with E-state index in [9.17, 15) is 4.21 Å². The van der Waals surface area contributed by atoms with Crippen LogP contribution in [0.1, 0.15) is 12.8 Å². The lowest BCUT2D eigenvalue weighted by Gasteiger charge is -2.13. The Morgan fingerprint density at radius 2 is 1.80 bits per heavy atom. The van der Waals surface area contributed by atoms with Crippen LogP contribution in [0.3, 0.4) is 0 Å². The minimum Gasteiger partial charge on any atom is -0.302 e. The molecule has 82 valence electrons. The Hall–Kier alpha value is -0.670. The van der Waals surface area contributed by atoms with Gasteiger partial charge in [0, 0.05) is 17.2 Å². The Morgan fingerprint density at radius 1 is 1.13 bits per heavy atom. The number of nitrogens with zero attached hydrogens (tertiary/aromatic N) is 1. The summed E-state index contributed by atoms with van der Waals surface area (Å²) in [6, 6.07) is 9.74. The van der Waals surface area contributed by atoms with Crippen LogP contribution in [-0.4, -0.2) is 34.5 Å². The highest BCUT2D eigenvalue weighted by atomic mass is 32.2. The van der Waals surface area contributed by atoms with Crippen molar-refractivity contribution in [1.29, 1.82) is 0 Å². The van der Waals surface area contributed by atoms with Crippen molar-refractivity contribution >= 4 is 10.8 Å². The van der Waals surface area contributed by atoms with E-state index in [0.717, 1.165) is 17.2 Å². The topological polar surface area (TPSA) is 20.3 Å². The molecule has 0 aromatic heterocycles. The van der Waals surface area contributed by atoms with Crippen molar-refractivity contribution in [3.05, 3.63) is 30.3 Å². The van der Waals surface area contributed by atoms with Crippen LogP contribution in [0.5, 0.6) is 0 Å². The SMILES string of the molecule is O=S(CCN1CCCC1)c1ccccc1. The molecule has 0 amide bonds. The summed E-state index contributed by atoms with van der Waals surface area (Å²) in [7, 11) is -0.821. The number of rotatable bonds is 4. The molecular weight excluding hydrogens is 206 g/mol. The highest BCUT2D eigenvalue weighted by Crippen LogP contribution is 2.09. The maximum absolute atomic E-state index is 11.9. The maximum Gasteiger partial charge on any atom is 0.0542 e. The summed E-state index contributed by atoms with van der Waals surface area (Å²) in [6.45, 7) is 3.35. The van der Waals surface area contributed by atoms with E-state index < -0.39 is 10.8 Å². The lowest BCUT2D eigenvalue weighted by Crippen LogP contribution is -2.24. The summed E-state index contributed by atoms with van der Waals surface area (Å²) < 4.78 is 11.9. The van der Waals surface area contributed by atoms with Crippen molar-refractivity contribution in [3.63, 3.8) is 0 Å². The second-order valence-corrected chi connectivity index (χ2v) is 5.48. The quantitative estimate of drug-likeness (QED) is 0.777. The third-order valence-electron chi connectivity index (χ3n) is 2.80. The first kappa shape index (κ1) is 10.8. The monoisotopic (exact) mass is 223 g/mol. The van der Waals surface area contributed by atoms with E-state index in [-0.39, 0.29) is 0 Å². The van der Waals surface area contributed by atoms with E-state index in [1.807, 2.05) is 30.3 Å². The molecule has 0 radical (unpaired) electrons. The first-order chi connectivity index (χ1) is 7.36. The predicted molar refractivity (Wildman–Crippen MR) is 63.4 cm³/mol. The highest BCUT2D eigenvalue weighted by Gasteiger charge is 2.12. The predicted octanol–water partition coefficient (Wildman–Crippen LogP) is 1.89. The molecule has 1 fully saturated rings. The van der Waals surface area contributed by atoms with Crippen molar-refractivity contribution in [2.45, 2.75) is 17.7 Å². The summed E-state index contributed by atoms with van der Waals surface area (Å²) in [5, 5.41) is 0. The van der Waals surface area contributed by atoms with E-state index in [2.05, 4.69) is 4.90 Å². The van der Waals surface area contributed by atoms with Crippen LogP contribution in [0.4, 0.5) is 0 Å². The highest BCUT2D eigenvalue weighted by molar-refractivity contribution is 7.85. The molecule has 1 heterocycles. The molecule has 3 heteroatoms. The largest absolute Gasteiger partial charge is 0.302 e. The molecule has 1 saturated heterocycles. The van der Waals surface area contributed by atoms with Crippen LogP contribution in [-0.2, 0) is 10.8 Å². The van der Waals surface area contributed by atoms with Gasteiger partial charge in [0.15, 0.2) is 0 Å². The van der Waals surface area contributed by atoms with E-state index >= 15 is 0 Å². The lowest BCUT2D eigenvalue weighted by atomic mass is 10.4. The second-order valence-electron chi connectivity index (χ2n) is 3.91. The van der Waals surface area contributed by atoms with E-state index in [1.54, 1.807) is 0 Å². The molecule has 0 aliphatic carbocycles. The first-order valence-corrected chi connectivity index (χ1v) is 6.84. The molecule has 0 saturated carbocycles. The van der Waals surface area contributed by atoms with Crippen LogP contribution in [0.15, 0.2) is 35.2 Å². The van der Waals surface area contributed by atoms with Crippen LogP contribution in [0.2, 0.25) is 0 Å². The number of hydrogen-bond donors (Lipinski definition) is 0. The van der Waals surface area contributed by atoms with Crippen molar-refractivity contribution in [1.82, 2.24) is 4.90 Å². The average molecular weight is 223 g/mol. The van der Waals surface area contributed by atoms with E-state index in [4.69, 9.17) is 0 Å². The molecule has 1 aromatic carbocycles. The van der Waals surface area contributed by atoms with Crippen molar-refractivity contribution in [2.75, 3.05) is 25.4 Å². The molecule has 2 nitrogen and oxygen atoms in total. The summed E-state index contributed by atoms with van der Waals surface area (Å²) in [6.07, 6.45) is 2.61. The van der Waals surface area contributed by atoms with Gasteiger partial charge in [-0.15, -0.1) is 0 Å². The fraction of sp³-hybridized carbons (Fsp3) is 0.500. The average Bonchev–Trinajstić information content (AvgIpc) is 2.80. The van der Waals surface area contributed by atoms with E-state index in [0.29, 0.717) is 0 Å². The molecule has 1 aliphatic rings. The zero-order valence-electron chi connectivity index (χ0n) is 8.89. The zero-order chi connectivity index (χ0) is 10.5. The van der Waals surface area contributed by atoms with Gasteiger partial charge in [0.2, 0.25) is 0 Å². The van der Waals surface area contributed by atoms with Crippen molar-refractivity contribution in [3.8, 4) is 0 Å². The van der Waals surface area contributed by atoms with Crippen molar-refractivity contribution < 1.29 is 4.21 Å². The lowest BCUT2D eigenvalue weighted by molar-refractivity contribution is 0.361. The molecule has 1 atom stereocenters. The number of benzene rings is 1. The normalized spacial score (nSPS) is 19.2. The molecule has 0 N–H and O–H groups in total. The van der Waals surface area contributed by atoms with Gasteiger partial charge in [0.05, 0.1) is 10.8 Å². The van der Waals surface area contributed by atoms with Crippen LogP contribution in [0, 0.1) is 0 Å². The van der Waals surface area contributed by atoms with Crippen LogP contribution < -0.4 is 0 Å². The molecule has 1 aromatic rings. The summed E-state index contributed by atoms with van der Waals surface area (Å²) >= 11 is 0. The van der Waals surface area contributed by atoms with Gasteiger partial charge >= 0.3 is 0 Å². The summed E-state index contributed by atoms with van der Waals surface area (Å²) in [4.78, 5) is 3.36. The van der Waals surface area contributed by atoms with Gasteiger partial charge in [0.1, 0.15) is 0 Å². The minimum atomic E-state index is -0.821. The van der Waals surface area contributed by atoms with Crippen LogP contribution in [0.25, 0.3) is 0 Å². The van der Waals surface area contributed by atoms with Gasteiger partial charge in [-0.25, -0.2) is 0 Å². The molecule has 15 heavy (non-hydrogen) atoms. The van der Waals surface area contributed by atoms with Gasteiger partial charge in [-0.1, -0.05) is 18.2 Å².